The van der Waals surface area contributed by atoms with Crippen molar-refractivity contribution in [2.45, 2.75) is 87.0 Å². The summed E-state index contributed by atoms with van der Waals surface area (Å²) in [6, 6.07) is 97.5. The van der Waals surface area contributed by atoms with Gasteiger partial charge >= 0.3 is 0 Å². The number of anilines is 6. The molecule has 0 saturated carbocycles. The molecule has 396 valence electrons. The second kappa shape index (κ2) is 28.1. The number of hydrogen-bond acceptors (Lipinski definition) is 2. The van der Waals surface area contributed by atoms with Crippen molar-refractivity contribution in [2.24, 2.45) is 0 Å². The molecule has 0 aliphatic carbocycles. The van der Waals surface area contributed by atoms with Crippen LogP contribution in [-0.4, -0.2) is 0 Å². The molecule has 2 nitrogen and oxygen atoms in total. The van der Waals surface area contributed by atoms with E-state index in [1.54, 1.807) is 0 Å². The van der Waals surface area contributed by atoms with Gasteiger partial charge in [0.1, 0.15) is 0 Å². The van der Waals surface area contributed by atoms with Crippen molar-refractivity contribution in [3.05, 3.63) is 301 Å². The van der Waals surface area contributed by atoms with Crippen LogP contribution in [0.2, 0.25) is 0 Å². The van der Waals surface area contributed by atoms with Crippen LogP contribution in [0.25, 0.3) is 43.1 Å². The van der Waals surface area contributed by atoms with E-state index in [0.29, 0.717) is 11.8 Å². The van der Waals surface area contributed by atoms with Gasteiger partial charge in [-0.2, -0.15) is 0 Å². The Morgan fingerprint density at radius 1 is 0.253 bits per heavy atom. The van der Waals surface area contributed by atoms with Crippen LogP contribution in [0.4, 0.5) is 34.1 Å². The standard InChI is InChI=1S/C26H25N.C24H21N.C14H16.C11H10.C2H6/c1-3-20(2)21-13-16-25(17-14-21)27(24-11-5-4-6-12-24)26-18-15-22-9-7-8-10-23(22)19-26;1-18-10-13-22(14-11-18)25(23-9-5-6-19(2)16-23)24-15-12-20-7-3-4-8-21(20)17-24;1-3-11(2)13-9-8-12-6-4-5-7-14(12)10-13;1-9-6-7-10-4-2-3-5-11(10)8-9;1-2/h4-20H,3H2,1-2H3;3-17H,1-2H3;4-11H,3H2,1-2H3;2-8H,1H3;1-2H3/t;;11-;;/m..1../s1. The van der Waals surface area contributed by atoms with E-state index in [9.17, 15) is 0 Å². The van der Waals surface area contributed by atoms with E-state index in [1.165, 1.54) is 111 Å². The highest BCUT2D eigenvalue weighted by atomic mass is 15.1. The molecule has 0 N–H and O–H groups in total. The van der Waals surface area contributed by atoms with Crippen LogP contribution in [0, 0.1) is 20.8 Å². The molecule has 0 radical (unpaired) electrons. The van der Waals surface area contributed by atoms with E-state index in [2.05, 4.69) is 331 Å². The first kappa shape index (κ1) is 56.5. The fraction of sp³-hybridized carbons (Fsp3) is 0.169. The van der Waals surface area contributed by atoms with Crippen molar-refractivity contribution in [1.82, 2.24) is 0 Å². The van der Waals surface area contributed by atoms with Crippen LogP contribution >= 0.6 is 0 Å². The SMILES string of the molecule is CC.CCC(C)c1ccc(N(c2ccccc2)c2ccc3ccccc3c2)cc1.CC[C@@H](C)c1ccc2ccccc2c1.Cc1ccc(N(c2cccc(C)c2)c2ccc3ccccc3c2)cc1.Cc1ccc2ccccc2c1. The molecule has 0 bridgehead atoms. The Balaban J connectivity index is 0.000000145. The molecule has 0 heterocycles. The van der Waals surface area contributed by atoms with Crippen molar-refractivity contribution < 1.29 is 0 Å². The molecular weight excluding hydrogens is 953 g/mol. The predicted molar refractivity (Wildman–Crippen MR) is 348 cm³/mol. The first-order valence-corrected chi connectivity index (χ1v) is 28.4. The summed E-state index contributed by atoms with van der Waals surface area (Å²) in [5, 5.41) is 10.4. The fourth-order valence-electron chi connectivity index (χ4n) is 9.81. The minimum atomic E-state index is 0.588. The average molecular weight is 1030 g/mol. The molecule has 2 atom stereocenters. The summed E-state index contributed by atoms with van der Waals surface area (Å²) in [6.07, 6.45) is 2.37. The monoisotopic (exact) mass is 1030 g/mol. The largest absolute Gasteiger partial charge is 0.310 e. The second-order valence-electron chi connectivity index (χ2n) is 20.4. The summed E-state index contributed by atoms with van der Waals surface area (Å²) >= 11 is 0. The molecule has 0 aromatic heterocycles. The van der Waals surface area contributed by atoms with Gasteiger partial charge in [-0.25, -0.2) is 0 Å². The zero-order valence-corrected chi connectivity index (χ0v) is 47.9. The Morgan fingerprint density at radius 2 is 0.570 bits per heavy atom. The lowest BCUT2D eigenvalue weighted by atomic mass is 9.96. The smallest absolute Gasteiger partial charge is 0.0468 e. The number of nitrogens with zero attached hydrogens (tertiary/aromatic N) is 2. The van der Waals surface area contributed by atoms with Crippen LogP contribution in [0.1, 0.15) is 94.0 Å². The van der Waals surface area contributed by atoms with Gasteiger partial charge in [-0.05, 0) is 178 Å². The molecule has 0 aliphatic rings. The average Bonchev–Trinajstić information content (AvgIpc) is 3.51. The topological polar surface area (TPSA) is 6.48 Å². The molecular formula is C77H78N2. The highest BCUT2D eigenvalue weighted by Crippen LogP contribution is 2.38. The van der Waals surface area contributed by atoms with Crippen molar-refractivity contribution in [2.75, 3.05) is 9.80 Å². The summed E-state index contributed by atoms with van der Waals surface area (Å²) in [7, 11) is 0. The van der Waals surface area contributed by atoms with Crippen LogP contribution in [0.3, 0.4) is 0 Å². The number of fused-ring (bicyclic) bond motifs is 4. The Morgan fingerprint density at radius 3 is 1.06 bits per heavy atom. The summed E-state index contributed by atoms with van der Waals surface area (Å²) in [5.74, 6) is 1.25. The summed E-state index contributed by atoms with van der Waals surface area (Å²) in [6.45, 7) is 19.4. The Hall–Kier alpha value is -8.72. The normalized spacial score (nSPS) is 11.4. The molecule has 12 aromatic rings. The third-order valence-electron chi connectivity index (χ3n) is 14.7. The molecule has 0 amide bonds. The van der Waals surface area contributed by atoms with E-state index < -0.39 is 0 Å². The van der Waals surface area contributed by atoms with Gasteiger partial charge in [0.05, 0.1) is 0 Å². The van der Waals surface area contributed by atoms with Crippen molar-refractivity contribution in [3.63, 3.8) is 0 Å². The highest BCUT2D eigenvalue weighted by Gasteiger charge is 2.15. The van der Waals surface area contributed by atoms with Gasteiger partial charge < -0.3 is 9.80 Å². The van der Waals surface area contributed by atoms with E-state index in [1.807, 2.05) is 13.8 Å². The van der Waals surface area contributed by atoms with E-state index in [4.69, 9.17) is 0 Å². The Kier molecular flexibility index (Phi) is 20.1. The van der Waals surface area contributed by atoms with Gasteiger partial charge in [0.25, 0.3) is 0 Å². The van der Waals surface area contributed by atoms with E-state index in [0.717, 1.165) is 6.42 Å². The van der Waals surface area contributed by atoms with E-state index in [-0.39, 0.29) is 0 Å². The molecule has 0 aliphatic heterocycles. The van der Waals surface area contributed by atoms with Gasteiger partial charge in [0.15, 0.2) is 0 Å². The lowest BCUT2D eigenvalue weighted by Gasteiger charge is -2.26. The van der Waals surface area contributed by atoms with Crippen LogP contribution < -0.4 is 9.80 Å². The van der Waals surface area contributed by atoms with Crippen LogP contribution in [0.5, 0.6) is 0 Å². The maximum Gasteiger partial charge on any atom is 0.0468 e. The third-order valence-corrected chi connectivity index (χ3v) is 14.7. The summed E-state index contributed by atoms with van der Waals surface area (Å²) in [4.78, 5) is 4.64. The lowest BCUT2D eigenvalue weighted by molar-refractivity contribution is 0.733. The number of aryl methyl sites for hydroxylation is 3. The minimum Gasteiger partial charge on any atom is -0.310 e. The van der Waals surface area contributed by atoms with E-state index >= 15 is 0 Å². The molecule has 0 fully saturated rings. The number of rotatable bonds is 10. The van der Waals surface area contributed by atoms with Crippen LogP contribution in [-0.2, 0) is 0 Å². The number of benzene rings is 12. The Labute approximate surface area is 472 Å². The zero-order chi connectivity index (χ0) is 55.5. The molecule has 79 heavy (non-hydrogen) atoms. The summed E-state index contributed by atoms with van der Waals surface area (Å²) in [5.41, 5.74) is 13.8. The van der Waals surface area contributed by atoms with Gasteiger partial charge in [-0.1, -0.05) is 253 Å². The van der Waals surface area contributed by atoms with Crippen molar-refractivity contribution >= 4 is 77.2 Å². The van der Waals surface area contributed by atoms with Crippen LogP contribution in [0.15, 0.2) is 273 Å². The van der Waals surface area contributed by atoms with Gasteiger partial charge in [0.2, 0.25) is 0 Å². The zero-order valence-electron chi connectivity index (χ0n) is 47.9. The summed E-state index contributed by atoms with van der Waals surface area (Å²) < 4.78 is 0. The van der Waals surface area contributed by atoms with Gasteiger partial charge in [-0.15, -0.1) is 0 Å². The Bertz CT molecular complexity index is 3800. The first-order chi connectivity index (χ1) is 38.6. The second-order valence-corrected chi connectivity index (χ2v) is 20.4. The van der Waals surface area contributed by atoms with Crippen molar-refractivity contribution in [1.29, 1.82) is 0 Å². The van der Waals surface area contributed by atoms with Gasteiger partial charge in [-0.3, -0.25) is 0 Å². The molecule has 12 aromatic carbocycles. The minimum absolute atomic E-state index is 0.588. The number of hydrogen-bond donors (Lipinski definition) is 0. The van der Waals surface area contributed by atoms with Gasteiger partial charge in [0, 0.05) is 34.1 Å². The van der Waals surface area contributed by atoms with Crippen molar-refractivity contribution in [3.8, 4) is 0 Å². The highest BCUT2D eigenvalue weighted by molar-refractivity contribution is 5.91. The molecule has 0 spiro atoms. The number of para-hydroxylation sites is 1. The molecule has 1 unspecified atom stereocenters. The lowest BCUT2D eigenvalue weighted by Crippen LogP contribution is -2.10. The molecule has 12 rings (SSSR count). The third kappa shape index (κ3) is 14.9. The quantitative estimate of drug-likeness (QED) is 0.135. The maximum atomic E-state index is 2.33. The molecule has 0 saturated heterocycles. The maximum absolute atomic E-state index is 2.33. The molecule has 2 heteroatoms. The predicted octanol–water partition coefficient (Wildman–Crippen LogP) is 23.3. The first-order valence-electron chi connectivity index (χ1n) is 28.4. The fourth-order valence-corrected chi connectivity index (χ4v) is 9.81.